The topological polar surface area (TPSA) is 111 Å². The number of nitrogens with zero attached hydrogens (tertiary/aromatic N) is 3. The Bertz CT molecular complexity index is 926. The molecule has 1 aromatic heterocycles. The van der Waals surface area contributed by atoms with Crippen LogP contribution in [-0.2, 0) is 16.5 Å². The molecule has 1 N–H and O–H groups in total. The smallest absolute Gasteiger partial charge is 0.342 e. The summed E-state index contributed by atoms with van der Waals surface area (Å²) >= 11 is 0.800. The fraction of sp³-hybridized carbons (Fsp3) is 0.471. The van der Waals surface area contributed by atoms with Crippen molar-refractivity contribution >= 4 is 23.4 Å². The van der Waals surface area contributed by atoms with Crippen LogP contribution in [0.15, 0.2) is 27.6 Å². The zero-order valence-electron chi connectivity index (χ0n) is 15.3. The van der Waals surface area contributed by atoms with Gasteiger partial charge in [0, 0.05) is 13.0 Å². The first-order valence-corrected chi connectivity index (χ1v) is 9.69. The lowest BCUT2D eigenvalue weighted by atomic mass is 9.96. The molecule has 0 aliphatic heterocycles. The van der Waals surface area contributed by atoms with E-state index < -0.39 is 33.8 Å². The van der Waals surface area contributed by atoms with Crippen LogP contribution in [0.1, 0.15) is 43.0 Å². The molecule has 0 atom stereocenters. The minimum Gasteiger partial charge on any atom is -0.342 e. The highest BCUT2D eigenvalue weighted by atomic mass is 32.2. The van der Waals surface area contributed by atoms with E-state index in [1.807, 2.05) is 0 Å². The Morgan fingerprint density at radius 2 is 2.07 bits per heavy atom. The third-order valence-corrected chi connectivity index (χ3v) is 5.70. The minimum atomic E-state index is -4.69. The molecule has 1 saturated carbocycles. The Labute approximate surface area is 167 Å². The van der Waals surface area contributed by atoms with Crippen LogP contribution >= 0.6 is 11.8 Å². The summed E-state index contributed by atoms with van der Waals surface area (Å²) < 4.78 is 43.4. The molecule has 3 rings (SSSR count). The lowest BCUT2D eigenvalue weighted by Crippen LogP contribution is -2.45. The Morgan fingerprint density at radius 1 is 1.38 bits per heavy atom. The van der Waals surface area contributed by atoms with Crippen molar-refractivity contribution in [1.29, 1.82) is 0 Å². The molecule has 29 heavy (non-hydrogen) atoms. The molecule has 0 spiro atoms. The van der Waals surface area contributed by atoms with Crippen LogP contribution in [0.5, 0.6) is 0 Å². The van der Waals surface area contributed by atoms with Crippen molar-refractivity contribution < 1.29 is 27.4 Å². The summed E-state index contributed by atoms with van der Waals surface area (Å²) in [6, 6.07) is 2.24. The van der Waals surface area contributed by atoms with E-state index in [1.165, 1.54) is 0 Å². The van der Waals surface area contributed by atoms with Crippen LogP contribution in [0, 0.1) is 17.0 Å². The van der Waals surface area contributed by atoms with Crippen LogP contribution in [0.25, 0.3) is 0 Å². The maximum Gasteiger partial charge on any atom is 0.416 e. The van der Waals surface area contributed by atoms with Gasteiger partial charge in [-0.05, 0) is 25.0 Å². The zero-order chi connectivity index (χ0) is 21.2. The number of hydrogen-bond donors (Lipinski definition) is 1. The van der Waals surface area contributed by atoms with Crippen molar-refractivity contribution in [3.8, 4) is 0 Å². The van der Waals surface area contributed by atoms with E-state index in [0.717, 1.165) is 36.7 Å². The van der Waals surface area contributed by atoms with Gasteiger partial charge in [-0.15, -0.1) is 11.8 Å². The Kier molecular flexibility index (Phi) is 5.82. The van der Waals surface area contributed by atoms with Crippen molar-refractivity contribution in [3.05, 3.63) is 45.6 Å². The molecule has 2 aromatic rings. The summed E-state index contributed by atoms with van der Waals surface area (Å²) in [6.45, 7) is 1.64. The van der Waals surface area contributed by atoms with Gasteiger partial charge >= 0.3 is 6.18 Å². The highest BCUT2D eigenvalue weighted by molar-refractivity contribution is 8.00. The molecule has 1 heterocycles. The first-order chi connectivity index (χ1) is 13.6. The Hall–Kier alpha value is -2.63. The van der Waals surface area contributed by atoms with Crippen molar-refractivity contribution in [2.45, 2.75) is 49.2 Å². The SMILES string of the molecule is Cc1nc(C2(NC(=O)CSc3ccc(C(F)(F)F)cc3[N+](=O)[O-])CCCC2)no1. The molecule has 1 amide bonds. The number of nitro groups is 1. The molecule has 0 radical (unpaired) electrons. The number of hydrogen-bond acceptors (Lipinski definition) is 7. The second-order valence-corrected chi connectivity index (χ2v) is 7.72. The van der Waals surface area contributed by atoms with Crippen LogP contribution in [0.3, 0.4) is 0 Å². The highest BCUT2D eigenvalue weighted by Gasteiger charge is 2.41. The Morgan fingerprint density at radius 3 is 2.62 bits per heavy atom. The number of halogens is 3. The highest BCUT2D eigenvalue weighted by Crippen LogP contribution is 2.39. The van der Waals surface area contributed by atoms with E-state index in [0.29, 0.717) is 30.6 Å². The van der Waals surface area contributed by atoms with Gasteiger partial charge in [-0.3, -0.25) is 14.9 Å². The van der Waals surface area contributed by atoms with Gasteiger partial charge in [0.2, 0.25) is 11.8 Å². The minimum absolute atomic E-state index is 0.0194. The van der Waals surface area contributed by atoms with Crippen molar-refractivity contribution in [3.63, 3.8) is 0 Å². The second-order valence-electron chi connectivity index (χ2n) is 6.70. The number of aromatic nitrogens is 2. The predicted molar refractivity (Wildman–Crippen MR) is 96.1 cm³/mol. The number of nitrogens with one attached hydrogen (secondary N) is 1. The van der Waals surface area contributed by atoms with Crippen molar-refractivity contribution in [2.24, 2.45) is 0 Å². The summed E-state index contributed by atoms with van der Waals surface area (Å²) in [4.78, 5) is 27.0. The third-order valence-electron chi connectivity index (χ3n) is 4.63. The number of nitro benzene ring substituents is 1. The van der Waals surface area contributed by atoms with Gasteiger partial charge in [0.25, 0.3) is 5.69 Å². The maximum absolute atomic E-state index is 12.8. The molecule has 1 aliphatic carbocycles. The lowest BCUT2D eigenvalue weighted by Gasteiger charge is -2.26. The largest absolute Gasteiger partial charge is 0.416 e. The quantitative estimate of drug-likeness (QED) is 0.419. The van der Waals surface area contributed by atoms with Crippen LogP contribution in [-0.4, -0.2) is 26.7 Å². The van der Waals surface area contributed by atoms with Gasteiger partial charge < -0.3 is 9.84 Å². The van der Waals surface area contributed by atoms with Gasteiger partial charge in [-0.25, -0.2) is 0 Å². The maximum atomic E-state index is 12.8. The number of benzene rings is 1. The van der Waals surface area contributed by atoms with Crippen LogP contribution in [0.4, 0.5) is 18.9 Å². The standard InChI is InChI=1S/C17H17F3N4O4S/c1-10-21-15(23-28-10)16(6-2-3-7-16)22-14(25)9-29-13-5-4-11(17(18,19)20)8-12(13)24(26)27/h4-5,8H,2-3,6-7,9H2,1H3,(H,22,25). The first-order valence-electron chi connectivity index (χ1n) is 8.71. The number of thioether (sulfide) groups is 1. The molecule has 8 nitrogen and oxygen atoms in total. The third kappa shape index (κ3) is 4.69. The first kappa shape index (κ1) is 21.1. The molecule has 0 saturated heterocycles. The van der Waals surface area contributed by atoms with Gasteiger partial charge in [-0.1, -0.05) is 18.0 Å². The van der Waals surface area contributed by atoms with E-state index in [2.05, 4.69) is 15.5 Å². The number of rotatable bonds is 6. The van der Waals surface area contributed by atoms with Crippen molar-refractivity contribution in [1.82, 2.24) is 15.5 Å². The molecular weight excluding hydrogens is 413 g/mol. The molecule has 156 valence electrons. The second kappa shape index (κ2) is 8.01. The average molecular weight is 430 g/mol. The fourth-order valence-corrected chi connectivity index (χ4v) is 4.09. The van der Waals surface area contributed by atoms with Crippen molar-refractivity contribution in [2.75, 3.05) is 5.75 Å². The number of aryl methyl sites for hydroxylation is 1. The normalized spacial score (nSPS) is 16.0. The Balaban J connectivity index is 1.72. The molecule has 0 bridgehead atoms. The van der Waals surface area contributed by atoms with Gasteiger partial charge in [0.05, 0.1) is 21.1 Å². The summed E-state index contributed by atoms with van der Waals surface area (Å²) in [6.07, 6.45) is -1.70. The summed E-state index contributed by atoms with van der Waals surface area (Å²) in [5, 5.41) is 17.9. The lowest BCUT2D eigenvalue weighted by molar-refractivity contribution is -0.388. The predicted octanol–water partition coefficient (Wildman–Crippen LogP) is 3.98. The van der Waals surface area contributed by atoms with Crippen LogP contribution < -0.4 is 5.32 Å². The summed E-state index contributed by atoms with van der Waals surface area (Å²) in [7, 11) is 0. The van der Waals surface area contributed by atoms with Gasteiger partial charge in [0.15, 0.2) is 5.82 Å². The molecule has 1 aliphatic rings. The number of amides is 1. The summed E-state index contributed by atoms with van der Waals surface area (Å²) in [5.74, 6) is 0.125. The van der Waals surface area contributed by atoms with E-state index in [4.69, 9.17) is 4.52 Å². The molecule has 1 fully saturated rings. The van der Waals surface area contributed by atoms with Crippen LogP contribution in [0.2, 0.25) is 0 Å². The molecule has 0 unspecified atom stereocenters. The number of alkyl halides is 3. The van der Waals surface area contributed by atoms with Gasteiger partial charge in [-0.2, -0.15) is 18.2 Å². The monoisotopic (exact) mass is 430 g/mol. The molecular formula is C17H17F3N4O4S. The van der Waals surface area contributed by atoms with E-state index in [-0.39, 0.29) is 10.6 Å². The van der Waals surface area contributed by atoms with E-state index in [1.54, 1.807) is 6.92 Å². The van der Waals surface area contributed by atoms with E-state index >= 15 is 0 Å². The fourth-order valence-electron chi connectivity index (χ4n) is 3.28. The number of carbonyl (C=O) groups is 1. The zero-order valence-corrected chi connectivity index (χ0v) is 16.1. The summed E-state index contributed by atoms with van der Waals surface area (Å²) in [5.41, 5.74) is -2.57. The molecule has 1 aromatic carbocycles. The van der Waals surface area contributed by atoms with Gasteiger partial charge in [0.1, 0.15) is 5.54 Å². The number of carbonyl (C=O) groups excluding carboxylic acids is 1. The van der Waals surface area contributed by atoms with E-state index in [9.17, 15) is 28.1 Å². The average Bonchev–Trinajstić information content (AvgIpc) is 3.29. The molecule has 12 heteroatoms.